The lowest BCUT2D eigenvalue weighted by Gasteiger charge is -2.39. The Morgan fingerprint density at radius 3 is 2.50 bits per heavy atom. The highest BCUT2D eigenvalue weighted by Crippen LogP contribution is 2.28. The van der Waals surface area contributed by atoms with Crippen LogP contribution in [0, 0.1) is 5.92 Å². The van der Waals surface area contributed by atoms with Crippen LogP contribution in [0.4, 0.5) is 0 Å². The maximum atomic E-state index is 10.6. The average Bonchev–Trinajstić information content (AvgIpc) is 2.71. The van der Waals surface area contributed by atoms with Crippen LogP contribution in [-0.2, 0) is 4.79 Å². The Balaban J connectivity index is 1.71. The zero-order chi connectivity index (χ0) is 14.4. The summed E-state index contributed by atoms with van der Waals surface area (Å²) < 4.78 is 0. The van der Waals surface area contributed by atoms with Gasteiger partial charge in [0, 0.05) is 38.8 Å². The van der Waals surface area contributed by atoms with E-state index in [2.05, 4.69) is 16.7 Å². The highest BCUT2D eigenvalue weighted by Gasteiger charge is 2.26. The first kappa shape index (κ1) is 15.8. The third-order valence-corrected chi connectivity index (χ3v) is 5.20. The quantitative estimate of drug-likeness (QED) is 0.787. The predicted octanol–water partition coefficient (Wildman–Crippen LogP) is 2.44. The number of aliphatic carboxylic acids is 1. The Kier molecular flexibility index (Phi) is 6.30. The van der Waals surface area contributed by atoms with Crippen molar-refractivity contribution in [2.45, 2.75) is 57.9 Å². The zero-order valence-electron chi connectivity index (χ0n) is 12.9. The lowest BCUT2D eigenvalue weighted by atomic mass is 9.97. The summed E-state index contributed by atoms with van der Waals surface area (Å²) >= 11 is 0. The number of carboxylic acids is 1. The topological polar surface area (TPSA) is 43.8 Å². The number of hydrogen-bond acceptors (Lipinski definition) is 3. The van der Waals surface area contributed by atoms with Crippen LogP contribution in [0.1, 0.15) is 51.9 Å². The molecular weight excluding hydrogens is 252 g/mol. The predicted molar refractivity (Wildman–Crippen MR) is 80.9 cm³/mol. The van der Waals surface area contributed by atoms with E-state index < -0.39 is 5.97 Å². The largest absolute Gasteiger partial charge is 0.481 e. The van der Waals surface area contributed by atoms with Crippen molar-refractivity contribution in [3.63, 3.8) is 0 Å². The summed E-state index contributed by atoms with van der Waals surface area (Å²) in [5, 5.41) is 8.74. The summed E-state index contributed by atoms with van der Waals surface area (Å²) in [7, 11) is 0. The molecule has 2 fully saturated rings. The molecule has 4 nitrogen and oxygen atoms in total. The Bertz CT molecular complexity index is 301. The Morgan fingerprint density at radius 2 is 1.85 bits per heavy atom. The fourth-order valence-corrected chi connectivity index (χ4v) is 3.74. The normalized spacial score (nSPS) is 30.1. The van der Waals surface area contributed by atoms with Crippen molar-refractivity contribution in [3.8, 4) is 0 Å². The number of hydrogen-bond donors (Lipinski definition) is 1. The molecule has 2 rings (SSSR count). The molecular formula is C16H30N2O2. The van der Waals surface area contributed by atoms with Gasteiger partial charge in [0.15, 0.2) is 0 Å². The summed E-state index contributed by atoms with van der Waals surface area (Å²) in [6.07, 6.45) is 8.57. The zero-order valence-corrected chi connectivity index (χ0v) is 12.9. The average molecular weight is 282 g/mol. The molecule has 4 heteroatoms. The van der Waals surface area contributed by atoms with E-state index in [4.69, 9.17) is 5.11 Å². The second-order valence-electron chi connectivity index (χ2n) is 6.46. The number of rotatable bonds is 5. The molecule has 0 aromatic heterocycles. The van der Waals surface area contributed by atoms with Crippen LogP contribution >= 0.6 is 0 Å². The lowest BCUT2D eigenvalue weighted by Crippen LogP contribution is -2.50. The molecule has 2 unspecified atom stereocenters. The van der Waals surface area contributed by atoms with Crippen LogP contribution < -0.4 is 0 Å². The van der Waals surface area contributed by atoms with Crippen molar-refractivity contribution in [2.24, 2.45) is 5.92 Å². The highest BCUT2D eigenvalue weighted by molar-refractivity contribution is 5.66. The van der Waals surface area contributed by atoms with E-state index in [9.17, 15) is 4.79 Å². The van der Waals surface area contributed by atoms with Gasteiger partial charge in [0.05, 0.1) is 6.42 Å². The van der Waals surface area contributed by atoms with E-state index in [0.717, 1.165) is 38.1 Å². The van der Waals surface area contributed by atoms with Gasteiger partial charge < -0.3 is 10.0 Å². The van der Waals surface area contributed by atoms with Gasteiger partial charge in [-0.2, -0.15) is 0 Å². The molecule has 1 aliphatic heterocycles. The highest BCUT2D eigenvalue weighted by atomic mass is 16.4. The van der Waals surface area contributed by atoms with Crippen molar-refractivity contribution >= 4 is 5.97 Å². The molecule has 0 spiro atoms. The van der Waals surface area contributed by atoms with E-state index in [1.807, 2.05) is 0 Å². The Hall–Kier alpha value is -0.610. The molecule has 0 bridgehead atoms. The molecule has 1 heterocycles. The smallest absolute Gasteiger partial charge is 0.304 e. The minimum atomic E-state index is -0.679. The molecule has 20 heavy (non-hydrogen) atoms. The molecule has 1 N–H and O–H groups in total. The summed E-state index contributed by atoms with van der Waals surface area (Å²) in [4.78, 5) is 15.6. The van der Waals surface area contributed by atoms with Crippen LogP contribution in [0.5, 0.6) is 0 Å². The first-order valence-corrected chi connectivity index (χ1v) is 8.37. The van der Waals surface area contributed by atoms with Gasteiger partial charge >= 0.3 is 5.97 Å². The maximum absolute atomic E-state index is 10.6. The van der Waals surface area contributed by atoms with Gasteiger partial charge in [-0.25, -0.2) is 0 Å². The van der Waals surface area contributed by atoms with Gasteiger partial charge in [0.1, 0.15) is 0 Å². The van der Waals surface area contributed by atoms with Crippen molar-refractivity contribution in [3.05, 3.63) is 0 Å². The molecule has 0 radical (unpaired) electrons. The molecule has 2 atom stereocenters. The summed E-state index contributed by atoms with van der Waals surface area (Å²) in [5.74, 6) is 0.277. The first-order valence-electron chi connectivity index (χ1n) is 8.37. The molecule has 0 amide bonds. The lowest BCUT2D eigenvalue weighted by molar-refractivity contribution is -0.137. The molecule has 1 aliphatic carbocycles. The molecule has 1 saturated carbocycles. The van der Waals surface area contributed by atoms with Gasteiger partial charge in [0.2, 0.25) is 0 Å². The summed E-state index contributed by atoms with van der Waals surface area (Å²) in [5.41, 5.74) is 0. The minimum Gasteiger partial charge on any atom is -0.481 e. The van der Waals surface area contributed by atoms with Crippen LogP contribution in [0.15, 0.2) is 0 Å². The first-order chi connectivity index (χ1) is 9.69. The van der Waals surface area contributed by atoms with Crippen molar-refractivity contribution < 1.29 is 9.90 Å². The van der Waals surface area contributed by atoms with Crippen molar-refractivity contribution in [1.82, 2.24) is 9.80 Å². The summed E-state index contributed by atoms with van der Waals surface area (Å²) in [6.45, 7) is 7.38. The van der Waals surface area contributed by atoms with Gasteiger partial charge in [-0.3, -0.25) is 9.69 Å². The van der Waals surface area contributed by atoms with Crippen LogP contribution in [0.2, 0.25) is 0 Å². The standard InChI is InChI=1S/C16H30N2O2/c1-2-14-4-3-5-15(7-6-14)18-12-10-17(11-13-18)9-8-16(19)20/h14-15H,2-13H2,1H3,(H,19,20). The van der Waals surface area contributed by atoms with Gasteiger partial charge in [-0.1, -0.05) is 26.2 Å². The number of piperazine rings is 1. The van der Waals surface area contributed by atoms with E-state index in [-0.39, 0.29) is 6.42 Å². The van der Waals surface area contributed by atoms with E-state index in [1.165, 1.54) is 38.5 Å². The number of carbonyl (C=O) groups is 1. The van der Waals surface area contributed by atoms with Crippen LogP contribution in [0.3, 0.4) is 0 Å². The van der Waals surface area contributed by atoms with E-state index in [0.29, 0.717) is 6.54 Å². The van der Waals surface area contributed by atoms with Crippen molar-refractivity contribution in [2.75, 3.05) is 32.7 Å². The minimum absolute atomic E-state index is 0.279. The van der Waals surface area contributed by atoms with Gasteiger partial charge in [-0.05, 0) is 25.2 Å². The molecule has 0 aromatic rings. The van der Waals surface area contributed by atoms with Crippen LogP contribution in [0.25, 0.3) is 0 Å². The SMILES string of the molecule is CCC1CCCC(N2CCN(CCC(=O)O)CC2)CC1. The number of carboxylic acid groups (broad SMARTS) is 1. The summed E-state index contributed by atoms with van der Waals surface area (Å²) in [6, 6.07) is 0.785. The fraction of sp³-hybridized carbons (Fsp3) is 0.938. The van der Waals surface area contributed by atoms with Crippen molar-refractivity contribution in [1.29, 1.82) is 0 Å². The monoisotopic (exact) mass is 282 g/mol. The van der Waals surface area contributed by atoms with Gasteiger partial charge in [-0.15, -0.1) is 0 Å². The van der Waals surface area contributed by atoms with E-state index >= 15 is 0 Å². The van der Waals surface area contributed by atoms with Gasteiger partial charge in [0.25, 0.3) is 0 Å². The second-order valence-corrected chi connectivity index (χ2v) is 6.46. The van der Waals surface area contributed by atoms with E-state index in [1.54, 1.807) is 0 Å². The fourth-order valence-electron chi connectivity index (χ4n) is 3.74. The maximum Gasteiger partial charge on any atom is 0.304 e. The molecule has 2 aliphatic rings. The number of nitrogens with zero attached hydrogens (tertiary/aromatic N) is 2. The molecule has 0 aromatic carbocycles. The Labute approximate surface area is 123 Å². The van der Waals surface area contributed by atoms with Crippen LogP contribution in [-0.4, -0.2) is 59.6 Å². The Morgan fingerprint density at radius 1 is 1.10 bits per heavy atom. The second kappa shape index (κ2) is 7.99. The molecule has 1 saturated heterocycles. The molecule has 116 valence electrons. The third kappa shape index (κ3) is 4.74. The third-order valence-electron chi connectivity index (χ3n) is 5.20.